The van der Waals surface area contributed by atoms with Crippen LogP contribution in [0.5, 0.6) is 0 Å². The average Bonchev–Trinajstić information content (AvgIpc) is 3.20. The van der Waals surface area contributed by atoms with Gasteiger partial charge in [0.25, 0.3) is 0 Å². The molecule has 7 heteroatoms. The molecule has 0 bridgehead atoms. The van der Waals surface area contributed by atoms with Gasteiger partial charge in [0.2, 0.25) is 15.9 Å². The predicted molar refractivity (Wildman–Crippen MR) is 126 cm³/mol. The van der Waals surface area contributed by atoms with Gasteiger partial charge in [-0.25, -0.2) is 8.42 Å². The molecule has 1 saturated heterocycles. The van der Waals surface area contributed by atoms with Crippen LogP contribution in [-0.4, -0.2) is 31.7 Å². The molecule has 1 N–H and O–H groups in total. The summed E-state index contributed by atoms with van der Waals surface area (Å²) < 4.78 is 28.7. The van der Waals surface area contributed by atoms with Crippen molar-refractivity contribution < 1.29 is 13.2 Å². The molecule has 0 spiro atoms. The van der Waals surface area contributed by atoms with E-state index in [0.29, 0.717) is 43.3 Å². The van der Waals surface area contributed by atoms with Crippen LogP contribution in [0.2, 0.25) is 0 Å². The molecule has 1 aliphatic rings. The van der Waals surface area contributed by atoms with E-state index in [4.69, 9.17) is 0 Å². The van der Waals surface area contributed by atoms with Gasteiger partial charge >= 0.3 is 0 Å². The first kappa shape index (κ1) is 22.0. The molecule has 0 atom stereocenters. The van der Waals surface area contributed by atoms with Gasteiger partial charge in [0.05, 0.1) is 4.90 Å². The van der Waals surface area contributed by atoms with E-state index in [1.807, 2.05) is 24.3 Å². The third-order valence-electron chi connectivity index (χ3n) is 6.02. The Morgan fingerprint density at radius 3 is 2.45 bits per heavy atom. The molecule has 4 rings (SSSR count). The van der Waals surface area contributed by atoms with Crippen molar-refractivity contribution >= 4 is 37.4 Å². The number of hydrogen-bond acceptors (Lipinski definition) is 4. The third kappa shape index (κ3) is 4.68. The van der Waals surface area contributed by atoms with Crippen molar-refractivity contribution in [3.63, 3.8) is 0 Å². The lowest BCUT2D eigenvalue weighted by Gasteiger charge is -2.30. The highest BCUT2D eigenvalue weighted by Crippen LogP contribution is 2.27. The molecule has 2 heterocycles. The van der Waals surface area contributed by atoms with Gasteiger partial charge in [-0.1, -0.05) is 44.2 Å². The number of nitrogens with one attached hydrogen (secondary N) is 1. The number of nitrogens with zero attached hydrogens (tertiary/aromatic N) is 1. The van der Waals surface area contributed by atoms with Gasteiger partial charge in [-0.2, -0.15) is 4.31 Å². The Hall–Kier alpha value is -2.22. The number of amides is 1. The molecule has 0 unspecified atom stereocenters. The highest BCUT2D eigenvalue weighted by atomic mass is 32.2. The topological polar surface area (TPSA) is 66.5 Å². The van der Waals surface area contributed by atoms with Crippen molar-refractivity contribution in [2.75, 3.05) is 13.1 Å². The van der Waals surface area contributed by atoms with Gasteiger partial charge in [0, 0.05) is 30.3 Å². The first-order valence-electron chi connectivity index (χ1n) is 10.7. The Balaban J connectivity index is 1.33. The molecule has 0 radical (unpaired) electrons. The molecule has 3 aromatic rings. The summed E-state index contributed by atoms with van der Waals surface area (Å²) >= 11 is 1.68. The maximum atomic E-state index is 13.0. The smallest absolute Gasteiger partial charge is 0.243 e. The summed E-state index contributed by atoms with van der Waals surface area (Å²) in [6.45, 7) is 5.41. The number of thiophene rings is 1. The van der Waals surface area contributed by atoms with Crippen LogP contribution in [0.15, 0.2) is 58.8 Å². The predicted octanol–water partition coefficient (Wildman–Crippen LogP) is 4.74. The second-order valence-electron chi connectivity index (χ2n) is 8.38. The van der Waals surface area contributed by atoms with Crippen LogP contribution in [0.1, 0.15) is 43.7 Å². The van der Waals surface area contributed by atoms with Crippen LogP contribution >= 0.6 is 11.3 Å². The van der Waals surface area contributed by atoms with E-state index in [9.17, 15) is 13.2 Å². The molecule has 5 nitrogen and oxygen atoms in total. The van der Waals surface area contributed by atoms with E-state index in [0.717, 1.165) is 11.1 Å². The molecule has 31 heavy (non-hydrogen) atoms. The maximum Gasteiger partial charge on any atom is 0.243 e. The van der Waals surface area contributed by atoms with Crippen molar-refractivity contribution in [1.82, 2.24) is 9.62 Å². The Bertz CT molecular complexity index is 1160. The van der Waals surface area contributed by atoms with E-state index >= 15 is 0 Å². The van der Waals surface area contributed by atoms with Crippen molar-refractivity contribution in [2.24, 2.45) is 5.92 Å². The largest absolute Gasteiger partial charge is 0.352 e. The number of sulfonamides is 1. The van der Waals surface area contributed by atoms with Crippen LogP contribution < -0.4 is 5.32 Å². The molecule has 0 aliphatic carbocycles. The summed E-state index contributed by atoms with van der Waals surface area (Å²) in [4.78, 5) is 13.0. The first-order chi connectivity index (χ1) is 14.9. The number of piperidine rings is 1. The van der Waals surface area contributed by atoms with Gasteiger partial charge in [-0.05, 0) is 58.9 Å². The first-order valence-corrected chi connectivity index (χ1v) is 13.0. The number of carbonyl (C=O) groups excluding carboxylic acids is 1. The van der Waals surface area contributed by atoms with E-state index in [1.165, 1.54) is 14.4 Å². The molecule has 2 aromatic carbocycles. The fraction of sp³-hybridized carbons (Fsp3) is 0.375. The molecule has 164 valence electrons. The van der Waals surface area contributed by atoms with Crippen molar-refractivity contribution in [2.45, 2.75) is 44.0 Å². The average molecular weight is 457 g/mol. The summed E-state index contributed by atoms with van der Waals surface area (Å²) in [5, 5.41) is 6.31. The van der Waals surface area contributed by atoms with Crippen LogP contribution in [0.3, 0.4) is 0 Å². The zero-order valence-electron chi connectivity index (χ0n) is 17.9. The summed E-state index contributed by atoms with van der Waals surface area (Å²) in [5.41, 5.74) is 2.24. The van der Waals surface area contributed by atoms with Gasteiger partial charge in [-0.15, -0.1) is 11.3 Å². The second kappa shape index (κ2) is 9.10. The summed E-state index contributed by atoms with van der Waals surface area (Å²) in [5.74, 6) is 0.214. The number of fused-ring (bicyclic) bond motifs is 1. The molecule has 1 aliphatic heterocycles. The minimum Gasteiger partial charge on any atom is -0.352 e. The number of rotatable bonds is 6. The zero-order valence-corrected chi connectivity index (χ0v) is 19.5. The second-order valence-corrected chi connectivity index (χ2v) is 11.2. The molecule has 1 aromatic heterocycles. The highest BCUT2D eigenvalue weighted by Gasteiger charge is 2.32. The molecule has 0 saturated carbocycles. The van der Waals surface area contributed by atoms with Gasteiger partial charge in [0.15, 0.2) is 0 Å². The summed E-state index contributed by atoms with van der Waals surface area (Å²) in [6, 6.07) is 15.3. The van der Waals surface area contributed by atoms with E-state index < -0.39 is 10.0 Å². The van der Waals surface area contributed by atoms with Crippen molar-refractivity contribution in [3.8, 4) is 0 Å². The van der Waals surface area contributed by atoms with Crippen LogP contribution in [0.4, 0.5) is 0 Å². The molecule has 1 fully saturated rings. The monoisotopic (exact) mass is 456 g/mol. The Morgan fingerprint density at radius 2 is 1.77 bits per heavy atom. The molecule has 1 amide bonds. The van der Waals surface area contributed by atoms with Crippen molar-refractivity contribution in [1.29, 1.82) is 0 Å². The molecular weight excluding hydrogens is 428 g/mol. The third-order valence-corrected chi connectivity index (χ3v) is 8.95. The fourth-order valence-corrected chi connectivity index (χ4v) is 6.46. The SMILES string of the molecule is CC(C)c1ccc(S(=O)(=O)N2CCC(C(=O)NCc3csc4ccccc34)CC2)cc1. The van der Waals surface area contributed by atoms with Crippen LogP contribution in [-0.2, 0) is 21.4 Å². The Kier molecular flexibility index (Phi) is 6.46. The number of carbonyl (C=O) groups is 1. The maximum absolute atomic E-state index is 13.0. The standard InChI is InChI=1S/C24H28N2O3S2/c1-17(2)18-7-9-21(10-8-18)31(28,29)26-13-11-19(12-14-26)24(27)25-15-20-16-30-23-6-4-3-5-22(20)23/h3-10,16-17,19H,11-15H2,1-2H3,(H,25,27). The van der Waals surface area contributed by atoms with Crippen molar-refractivity contribution in [3.05, 3.63) is 65.0 Å². The highest BCUT2D eigenvalue weighted by molar-refractivity contribution is 7.89. The quantitative estimate of drug-likeness (QED) is 0.582. The zero-order chi connectivity index (χ0) is 22.0. The fourth-order valence-electron chi connectivity index (χ4n) is 4.03. The Labute approximate surface area is 188 Å². The van der Waals surface area contributed by atoms with E-state index in [-0.39, 0.29) is 11.8 Å². The van der Waals surface area contributed by atoms with Crippen LogP contribution in [0.25, 0.3) is 10.1 Å². The summed E-state index contributed by atoms with van der Waals surface area (Å²) in [7, 11) is -3.52. The van der Waals surface area contributed by atoms with Gasteiger partial charge in [-0.3, -0.25) is 4.79 Å². The van der Waals surface area contributed by atoms with Gasteiger partial charge in [0.1, 0.15) is 0 Å². The number of benzene rings is 2. The lowest BCUT2D eigenvalue weighted by Crippen LogP contribution is -2.42. The lowest BCUT2D eigenvalue weighted by atomic mass is 9.97. The van der Waals surface area contributed by atoms with Gasteiger partial charge < -0.3 is 5.32 Å². The van der Waals surface area contributed by atoms with E-state index in [1.54, 1.807) is 23.5 Å². The summed E-state index contributed by atoms with van der Waals surface area (Å²) in [6.07, 6.45) is 1.08. The minimum atomic E-state index is -3.52. The minimum absolute atomic E-state index is 0.00798. The number of hydrogen-bond donors (Lipinski definition) is 1. The Morgan fingerprint density at radius 1 is 1.10 bits per heavy atom. The normalized spacial score (nSPS) is 16.1. The van der Waals surface area contributed by atoms with Crippen LogP contribution in [0, 0.1) is 5.92 Å². The molecular formula is C24H28N2O3S2. The lowest BCUT2D eigenvalue weighted by molar-refractivity contribution is -0.126. The van der Waals surface area contributed by atoms with E-state index in [2.05, 4.69) is 36.7 Å².